The fraction of sp³-hybridized carbons (Fsp3) is 0.455. The maximum Gasteiger partial charge on any atom is 0.259 e. The van der Waals surface area contributed by atoms with Crippen molar-refractivity contribution in [2.24, 2.45) is 0 Å². The van der Waals surface area contributed by atoms with Crippen LogP contribution in [0.2, 0.25) is 5.02 Å². The molecule has 0 radical (unpaired) electrons. The largest absolute Gasteiger partial charge is 0.496 e. The minimum absolute atomic E-state index is 0.0192. The minimum atomic E-state index is -0.108. The van der Waals surface area contributed by atoms with Gasteiger partial charge in [0.15, 0.2) is 0 Å². The molecule has 0 unspecified atom stereocenters. The summed E-state index contributed by atoms with van der Waals surface area (Å²) in [7, 11) is 1.52. The van der Waals surface area contributed by atoms with E-state index in [1.165, 1.54) is 18.7 Å². The number of rotatable bonds is 4. The number of hydrogen-bond acceptors (Lipinski definition) is 4. The molecule has 0 N–H and O–H groups in total. The fourth-order valence-electron chi connectivity index (χ4n) is 4.27. The summed E-state index contributed by atoms with van der Waals surface area (Å²) in [5.74, 6) is 0.374. The van der Waals surface area contributed by atoms with Crippen molar-refractivity contribution in [3.8, 4) is 5.75 Å². The normalized spacial score (nSPS) is 17.1. The Hall–Kier alpha value is -2.31. The first-order chi connectivity index (χ1) is 14.1. The van der Waals surface area contributed by atoms with Crippen LogP contribution < -0.4 is 10.3 Å². The summed E-state index contributed by atoms with van der Waals surface area (Å²) >= 11 is 5.99. The molecule has 6 nitrogen and oxygen atoms in total. The highest BCUT2D eigenvalue weighted by atomic mass is 35.5. The smallest absolute Gasteiger partial charge is 0.259 e. The number of fused-ring (bicyclic) bond motifs is 1. The lowest BCUT2D eigenvalue weighted by molar-refractivity contribution is 0.0787. The van der Waals surface area contributed by atoms with Gasteiger partial charge in [0.25, 0.3) is 11.5 Å². The molecule has 1 saturated heterocycles. The fourth-order valence-corrected chi connectivity index (χ4v) is 4.40. The monoisotopic (exact) mass is 415 g/mol. The number of ether oxygens (including phenoxy) is 1. The number of carbonyl (C=O) groups excluding carboxylic acids is 1. The molecule has 1 amide bonds. The van der Waals surface area contributed by atoms with Gasteiger partial charge in [0.2, 0.25) is 0 Å². The van der Waals surface area contributed by atoms with E-state index >= 15 is 0 Å². The third kappa shape index (κ3) is 4.19. The number of benzene rings is 1. The Bertz CT molecular complexity index is 949. The molecule has 0 aliphatic carbocycles. The van der Waals surface area contributed by atoms with E-state index in [0.717, 1.165) is 56.3 Å². The SMILES string of the molecule is COc1cc(=O)n2c(c1C(=O)N1CCCC1)CCN(Cc1ccc(Cl)cc1)CC2. The number of halogens is 1. The number of hydrogen-bond donors (Lipinski definition) is 0. The van der Waals surface area contributed by atoms with Gasteiger partial charge in [-0.1, -0.05) is 23.7 Å². The van der Waals surface area contributed by atoms with Crippen molar-refractivity contribution >= 4 is 17.5 Å². The molecule has 1 aromatic carbocycles. The van der Waals surface area contributed by atoms with E-state index in [9.17, 15) is 9.59 Å². The van der Waals surface area contributed by atoms with Crippen LogP contribution in [0.15, 0.2) is 35.1 Å². The van der Waals surface area contributed by atoms with Crippen molar-refractivity contribution in [2.45, 2.75) is 32.4 Å². The molecule has 0 bridgehead atoms. The molecule has 1 fully saturated rings. The summed E-state index contributed by atoms with van der Waals surface area (Å²) in [5, 5.41) is 0.723. The van der Waals surface area contributed by atoms with Crippen LogP contribution in [0.4, 0.5) is 0 Å². The average molecular weight is 416 g/mol. The Morgan fingerprint density at radius 2 is 1.79 bits per heavy atom. The van der Waals surface area contributed by atoms with Crippen LogP contribution >= 0.6 is 11.6 Å². The van der Waals surface area contributed by atoms with E-state index in [1.54, 1.807) is 4.57 Å². The van der Waals surface area contributed by atoms with E-state index in [2.05, 4.69) is 4.90 Å². The lowest BCUT2D eigenvalue weighted by atomic mass is 10.1. The van der Waals surface area contributed by atoms with Crippen molar-refractivity contribution in [2.75, 3.05) is 33.3 Å². The number of nitrogens with zero attached hydrogens (tertiary/aromatic N) is 3. The summed E-state index contributed by atoms with van der Waals surface area (Å²) in [5.41, 5.74) is 2.43. The third-order valence-electron chi connectivity index (χ3n) is 5.83. The van der Waals surface area contributed by atoms with E-state index in [1.807, 2.05) is 29.2 Å². The zero-order chi connectivity index (χ0) is 20.4. The maximum atomic E-state index is 13.2. The van der Waals surface area contributed by atoms with Crippen molar-refractivity contribution in [1.82, 2.24) is 14.4 Å². The van der Waals surface area contributed by atoms with E-state index in [0.29, 0.717) is 24.3 Å². The molecule has 2 aliphatic rings. The number of amides is 1. The second-order valence-corrected chi connectivity index (χ2v) is 8.11. The van der Waals surface area contributed by atoms with Crippen LogP contribution in [-0.4, -0.2) is 53.6 Å². The first-order valence-electron chi connectivity index (χ1n) is 10.1. The lowest BCUT2D eigenvalue weighted by Crippen LogP contribution is -2.33. The summed E-state index contributed by atoms with van der Waals surface area (Å²) in [6.07, 6.45) is 2.69. The standard InChI is InChI=1S/C22H26ClN3O3/c1-29-19-14-20(27)26-13-12-24(15-16-4-6-17(23)7-5-16)11-8-18(26)21(19)22(28)25-9-2-3-10-25/h4-7,14H,2-3,8-13,15H2,1H3. The Morgan fingerprint density at radius 3 is 2.48 bits per heavy atom. The van der Waals surface area contributed by atoms with Crippen molar-refractivity contribution < 1.29 is 9.53 Å². The highest BCUT2D eigenvalue weighted by Crippen LogP contribution is 2.26. The molecule has 0 saturated carbocycles. The molecule has 0 spiro atoms. The molecule has 2 aliphatic heterocycles. The lowest BCUT2D eigenvalue weighted by Gasteiger charge is -2.21. The predicted octanol–water partition coefficient (Wildman–Crippen LogP) is 2.80. The third-order valence-corrected chi connectivity index (χ3v) is 6.08. The number of carbonyl (C=O) groups is 1. The van der Waals surface area contributed by atoms with Crippen molar-refractivity contribution in [3.05, 3.63) is 62.5 Å². The van der Waals surface area contributed by atoms with Gasteiger partial charge in [0, 0.05) is 62.5 Å². The zero-order valence-electron chi connectivity index (χ0n) is 16.7. The Kier molecular flexibility index (Phi) is 5.92. The highest BCUT2D eigenvalue weighted by molar-refractivity contribution is 6.30. The van der Waals surface area contributed by atoms with Crippen LogP contribution in [0.25, 0.3) is 0 Å². The second kappa shape index (κ2) is 8.59. The van der Waals surface area contributed by atoms with E-state index in [4.69, 9.17) is 16.3 Å². The molecule has 154 valence electrons. The van der Waals surface area contributed by atoms with Gasteiger partial charge in [-0.25, -0.2) is 0 Å². The summed E-state index contributed by atoms with van der Waals surface area (Å²) in [6, 6.07) is 9.30. The van der Waals surface area contributed by atoms with E-state index < -0.39 is 0 Å². The summed E-state index contributed by atoms with van der Waals surface area (Å²) < 4.78 is 7.22. The predicted molar refractivity (Wildman–Crippen MR) is 113 cm³/mol. The molecule has 7 heteroatoms. The number of methoxy groups -OCH3 is 1. The van der Waals surface area contributed by atoms with Crippen LogP contribution in [-0.2, 0) is 19.5 Å². The zero-order valence-corrected chi connectivity index (χ0v) is 17.5. The quantitative estimate of drug-likeness (QED) is 0.770. The van der Waals surface area contributed by atoms with Gasteiger partial charge in [-0.05, 0) is 30.5 Å². The van der Waals surface area contributed by atoms with Gasteiger partial charge < -0.3 is 14.2 Å². The van der Waals surface area contributed by atoms with Crippen molar-refractivity contribution in [1.29, 1.82) is 0 Å². The van der Waals surface area contributed by atoms with Crippen molar-refractivity contribution in [3.63, 3.8) is 0 Å². The average Bonchev–Trinajstić information content (AvgIpc) is 3.18. The van der Waals surface area contributed by atoms with Gasteiger partial charge in [0.1, 0.15) is 11.3 Å². The minimum Gasteiger partial charge on any atom is -0.496 e. The highest BCUT2D eigenvalue weighted by Gasteiger charge is 2.29. The Balaban J connectivity index is 1.62. The molecular formula is C22H26ClN3O3. The molecule has 0 atom stereocenters. The Morgan fingerprint density at radius 1 is 1.07 bits per heavy atom. The number of likely N-dealkylation sites (tertiary alicyclic amines) is 1. The molecule has 4 rings (SSSR count). The summed E-state index contributed by atoms with van der Waals surface area (Å²) in [4.78, 5) is 30.1. The molecule has 3 heterocycles. The second-order valence-electron chi connectivity index (χ2n) is 7.68. The Labute approximate surface area is 175 Å². The first-order valence-corrected chi connectivity index (χ1v) is 10.5. The van der Waals surface area contributed by atoms with Gasteiger partial charge >= 0.3 is 0 Å². The van der Waals surface area contributed by atoms with Crippen LogP contribution in [0, 0.1) is 0 Å². The van der Waals surface area contributed by atoms with E-state index in [-0.39, 0.29) is 11.5 Å². The topological polar surface area (TPSA) is 54.8 Å². The number of pyridine rings is 1. The molecule has 29 heavy (non-hydrogen) atoms. The van der Waals surface area contributed by atoms with Gasteiger partial charge in [-0.3, -0.25) is 14.5 Å². The van der Waals surface area contributed by atoms with Crippen LogP contribution in [0.5, 0.6) is 5.75 Å². The first kappa shape index (κ1) is 20.0. The molecule has 2 aromatic rings. The maximum absolute atomic E-state index is 13.2. The molecular weight excluding hydrogens is 390 g/mol. The van der Waals surface area contributed by atoms with Gasteiger partial charge in [-0.2, -0.15) is 0 Å². The summed E-state index contributed by atoms with van der Waals surface area (Å²) in [6.45, 7) is 4.40. The molecule has 1 aromatic heterocycles. The van der Waals surface area contributed by atoms with Crippen LogP contribution in [0.3, 0.4) is 0 Å². The number of aromatic nitrogens is 1. The van der Waals surface area contributed by atoms with Gasteiger partial charge in [0.05, 0.1) is 7.11 Å². The van der Waals surface area contributed by atoms with Gasteiger partial charge in [-0.15, -0.1) is 0 Å². The van der Waals surface area contributed by atoms with Crippen LogP contribution in [0.1, 0.15) is 34.5 Å².